The van der Waals surface area contributed by atoms with Crippen LogP contribution in [0.15, 0.2) is 120 Å². The summed E-state index contributed by atoms with van der Waals surface area (Å²) < 4.78 is 7.67. The van der Waals surface area contributed by atoms with Gasteiger partial charge in [-0.2, -0.15) is 0 Å². The number of nitrogens with one attached hydrogen (secondary N) is 5. The Labute approximate surface area is 512 Å². The van der Waals surface area contributed by atoms with Crippen LogP contribution in [0.2, 0.25) is 0 Å². The Balaban J connectivity index is 1.06. The number of aryl methyl sites for hydroxylation is 10. The van der Waals surface area contributed by atoms with Gasteiger partial charge in [-0.05, 0) is 241 Å². The fourth-order valence-electron chi connectivity index (χ4n) is 15.0. The predicted molar refractivity (Wildman–Crippen MR) is 372 cm³/mol. The number of rotatable bonds is 6. The molecule has 0 aliphatic carbocycles. The second-order valence-electron chi connectivity index (χ2n) is 25.0. The third-order valence-electron chi connectivity index (χ3n) is 19.5. The Morgan fingerprint density at radius 2 is 0.852 bits per heavy atom. The van der Waals surface area contributed by atoms with Crippen LogP contribution in [-0.4, -0.2) is 39.9 Å². The quantitative estimate of drug-likeness (QED) is 0.113. The normalized spacial score (nSPS) is 13.1. The van der Waals surface area contributed by atoms with E-state index in [0.717, 1.165) is 180 Å². The number of allylic oxidation sites excluding steroid dienone is 4. The van der Waals surface area contributed by atoms with Crippen molar-refractivity contribution in [1.29, 1.82) is 0 Å². The molecule has 0 unspecified atom stereocenters. The molecule has 16 bridgehead atoms. The van der Waals surface area contributed by atoms with Gasteiger partial charge >= 0.3 is 0 Å². The Hall–Kier alpha value is -9.99. The number of fused-ring (bicyclic) bond motifs is 20. The summed E-state index contributed by atoms with van der Waals surface area (Å²) in [5.41, 5.74) is 42.4. The van der Waals surface area contributed by atoms with Crippen molar-refractivity contribution in [3.05, 3.63) is 205 Å². The van der Waals surface area contributed by atoms with Gasteiger partial charge in [0, 0.05) is 88.3 Å². The topological polar surface area (TPSA) is 131 Å². The minimum Gasteiger partial charge on any atom is -0.455 e. The Bertz CT molecular complexity index is 5450. The van der Waals surface area contributed by atoms with Gasteiger partial charge in [0.15, 0.2) is 0 Å². The third-order valence-corrected chi connectivity index (χ3v) is 19.5. The van der Waals surface area contributed by atoms with Gasteiger partial charge < -0.3 is 29.3 Å². The highest BCUT2D eigenvalue weighted by molar-refractivity contribution is 6.17. The maximum atomic E-state index is 7.67. The first-order valence-electron chi connectivity index (χ1n) is 31.0. The van der Waals surface area contributed by atoms with Crippen molar-refractivity contribution in [2.24, 2.45) is 0 Å². The first kappa shape index (κ1) is 54.6. The number of furan rings is 1. The van der Waals surface area contributed by atoms with E-state index in [1.807, 2.05) is 0 Å². The molecule has 9 nitrogen and oxygen atoms in total. The maximum Gasteiger partial charge on any atom is 0.143 e. The molecule has 88 heavy (non-hydrogen) atoms. The zero-order valence-electron chi connectivity index (χ0n) is 52.8. The van der Waals surface area contributed by atoms with E-state index in [0.29, 0.717) is 0 Å². The predicted octanol–water partition coefficient (Wildman–Crippen LogP) is 21.5. The molecular formula is C79H72N8O. The second-order valence-corrected chi connectivity index (χ2v) is 25.0. The third kappa shape index (κ3) is 8.37. The molecule has 9 heteroatoms. The first-order chi connectivity index (χ1) is 42.5. The van der Waals surface area contributed by atoms with Gasteiger partial charge in [-0.3, -0.25) is 0 Å². The Morgan fingerprint density at radius 3 is 1.44 bits per heavy atom. The van der Waals surface area contributed by atoms with E-state index < -0.39 is 0 Å². The van der Waals surface area contributed by atoms with Crippen LogP contribution in [0.25, 0.3) is 156 Å². The number of H-pyrrole nitrogens is 5. The molecule has 3 aliphatic rings. The van der Waals surface area contributed by atoms with E-state index >= 15 is 0 Å². The van der Waals surface area contributed by atoms with E-state index in [4.69, 9.17) is 19.4 Å². The summed E-state index contributed by atoms with van der Waals surface area (Å²) in [6.07, 6.45) is 6.09. The lowest BCUT2D eigenvalue weighted by Gasteiger charge is -2.13. The molecule has 0 radical (unpaired) electrons. The van der Waals surface area contributed by atoms with Crippen LogP contribution in [0, 0.1) is 62.3 Å². The lowest BCUT2D eigenvalue weighted by molar-refractivity contribution is 0.671. The largest absolute Gasteiger partial charge is 0.455 e. The number of aromatic nitrogens is 8. The highest BCUT2D eigenvalue weighted by Crippen LogP contribution is 2.47. The fraction of sp³-hybridized carbons (Fsp3) is 0.203. The van der Waals surface area contributed by atoms with Gasteiger partial charge in [-0.15, -0.1) is 0 Å². The van der Waals surface area contributed by atoms with E-state index in [1.54, 1.807) is 0 Å². The van der Waals surface area contributed by atoms with E-state index in [-0.39, 0.29) is 0 Å². The molecule has 0 saturated carbocycles. The second kappa shape index (κ2) is 20.3. The van der Waals surface area contributed by atoms with Crippen molar-refractivity contribution >= 4 is 112 Å². The van der Waals surface area contributed by atoms with Gasteiger partial charge in [0.2, 0.25) is 0 Å². The van der Waals surface area contributed by atoms with Gasteiger partial charge in [0.05, 0.1) is 45.2 Å². The molecule has 0 spiro atoms. The van der Waals surface area contributed by atoms with Crippen molar-refractivity contribution in [1.82, 2.24) is 39.9 Å². The molecule has 3 aliphatic heterocycles. The number of hydrogen-bond acceptors (Lipinski definition) is 4. The van der Waals surface area contributed by atoms with Crippen LogP contribution in [0.3, 0.4) is 0 Å². The molecule has 4 aromatic carbocycles. The minimum absolute atomic E-state index is 0.784. The Morgan fingerprint density at radius 1 is 0.364 bits per heavy atom. The molecule has 12 aromatic rings. The summed E-state index contributed by atoms with van der Waals surface area (Å²) >= 11 is 0. The summed E-state index contributed by atoms with van der Waals surface area (Å²) in [5, 5.41) is 2.03. The number of hydrogen-bond donors (Lipinski definition) is 5. The molecule has 0 saturated heterocycles. The van der Waals surface area contributed by atoms with Crippen molar-refractivity contribution in [2.45, 2.75) is 110 Å². The summed E-state index contributed by atoms with van der Waals surface area (Å²) in [4.78, 5) is 36.4. The number of benzene rings is 4. The van der Waals surface area contributed by atoms with Crippen LogP contribution >= 0.6 is 0 Å². The molecule has 434 valence electrons. The number of para-hydroxylation sites is 2. The van der Waals surface area contributed by atoms with Crippen LogP contribution in [0.4, 0.5) is 0 Å². The summed E-state index contributed by atoms with van der Waals surface area (Å²) in [5.74, 6) is 0. The van der Waals surface area contributed by atoms with E-state index in [9.17, 15) is 0 Å². The fourth-order valence-corrected chi connectivity index (χ4v) is 15.0. The maximum absolute atomic E-state index is 7.67. The van der Waals surface area contributed by atoms with E-state index in [1.165, 1.54) is 66.8 Å². The highest BCUT2D eigenvalue weighted by atomic mass is 16.3. The smallest absolute Gasteiger partial charge is 0.143 e. The van der Waals surface area contributed by atoms with Gasteiger partial charge in [-0.25, -0.2) is 15.0 Å². The lowest BCUT2D eigenvalue weighted by atomic mass is 9.92. The number of nitrogens with zero attached hydrogens (tertiary/aromatic N) is 3. The minimum atomic E-state index is 0.784. The molecular weight excluding hydrogens is 1080 g/mol. The van der Waals surface area contributed by atoms with Crippen LogP contribution < -0.4 is 0 Å². The molecule has 0 amide bonds. The monoisotopic (exact) mass is 1150 g/mol. The molecule has 5 N–H and O–H groups in total. The van der Waals surface area contributed by atoms with Gasteiger partial charge in [0.25, 0.3) is 0 Å². The molecule has 11 heterocycles. The van der Waals surface area contributed by atoms with Crippen LogP contribution in [0.5, 0.6) is 0 Å². The summed E-state index contributed by atoms with van der Waals surface area (Å²) in [6.45, 7) is 31.0. The average Bonchev–Trinajstić information content (AvgIpc) is 1.92. The summed E-state index contributed by atoms with van der Waals surface area (Å²) in [7, 11) is 0. The van der Waals surface area contributed by atoms with Gasteiger partial charge in [0.1, 0.15) is 11.2 Å². The zero-order chi connectivity index (χ0) is 60.9. The Kier molecular flexibility index (Phi) is 12.6. The van der Waals surface area contributed by atoms with Crippen LogP contribution in [0.1, 0.15) is 131 Å². The highest BCUT2D eigenvalue weighted by Gasteiger charge is 2.27. The van der Waals surface area contributed by atoms with Crippen molar-refractivity contribution in [2.75, 3.05) is 0 Å². The zero-order valence-corrected chi connectivity index (χ0v) is 52.8. The average molecular weight is 1150 g/mol. The lowest BCUT2D eigenvalue weighted by Crippen LogP contribution is -1.93. The van der Waals surface area contributed by atoms with Crippen molar-refractivity contribution in [3.8, 4) is 44.5 Å². The molecule has 8 aromatic heterocycles. The first-order valence-corrected chi connectivity index (χ1v) is 31.0. The number of aromatic amines is 5. The SMILES string of the molecule is CCC1=C(C)c2cc3[nH]c(c(C)c3C)c(-c3cccc4c3oc3c(-c5c6ccc([nH]6)c(-c6c(C)cc(C)cc6C)c6nc(c7ccc([nH]7)c(-c7c(C)cc(C)cc7C)c7ccc5[nH]7)C=C6)cccc34)c3nc(cc4[nH]c(cc1n2)c(CC)c4C)C(C)=C3C. The molecule has 15 rings (SSSR count). The van der Waals surface area contributed by atoms with Gasteiger partial charge in [-0.1, -0.05) is 85.6 Å². The standard InChI is InChI=1S/C79H72N8O/c1-15-50-48(13)66-35-64-44(9)46(11)76(86-64)73(77-47(12)45(10)65(87-77)36-67-49(14)51(16-2)69(85-67)37-68(50)84-66)55-22-18-20-53-52-19-17-21-54(78(52)88-79(53)55)72-58-27-29-62(82-58)74(70-40(5)31-38(3)32-41(70)6)60-25-23-56(80-60)57-24-26-61(81-57)75(63-30-28-59(72)83-63)71-42(7)33-39(4)34-43(71)8/h17-37,80,82-84,87H,15-16H2,1-14H3. The summed E-state index contributed by atoms with van der Waals surface area (Å²) in [6, 6.07) is 42.4. The van der Waals surface area contributed by atoms with Crippen molar-refractivity contribution < 1.29 is 4.42 Å². The molecule has 0 atom stereocenters. The molecule has 0 fully saturated rings. The van der Waals surface area contributed by atoms with Crippen molar-refractivity contribution in [3.63, 3.8) is 0 Å². The van der Waals surface area contributed by atoms with E-state index in [2.05, 4.69) is 249 Å². The van der Waals surface area contributed by atoms with Crippen LogP contribution in [-0.2, 0) is 6.42 Å².